The molecule has 8 heteroatoms. The van der Waals surface area contributed by atoms with Gasteiger partial charge in [0, 0.05) is 10.6 Å². The molecular formula is C20H24F3N3OS. The Labute approximate surface area is 166 Å². The zero-order valence-electron chi connectivity index (χ0n) is 15.9. The molecular weight excluding hydrogens is 387 g/mol. The number of hydrogen-bond acceptors (Lipinski definition) is 3. The molecule has 0 bridgehead atoms. The molecule has 1 saturated carbocycles. The van der Waals surface area contributed by atoms with Gasteiger partial charge in [0.25, 0.3) is 5.91 Å². The number of nitrogens with zero attached hydrogens (tertiary/aromatic N) is 2. The minimum atomic E-state index is -4.64. The number of aromatic nitrogens is 2. The highest BCUT2D eigenvalue weighted by molar-refractivity contribution is 7.98. The van der Waals surface area contributed by atoms with E-state index < -0.39 is 23.3 Å². The average molecular weight is 411 g/mol. The lowest BCUT2D eigenvalue weighted by Crippen LogP contribution is -2.27. The van der Waals surface area contributed by atoms with Crippen LogP contribution < -0.4 is 5.32 Å². The molecule has 1 unspecified atom stereocenters. The van der Waals surface area contributed by atoms with Crippen LogP contribution in [-0.2, 0) is 6.18 Å². The molecule has 4 nitrogen and oxygen atoms in total. The van der Waals surface area contributed by atoms with Gasteiger partial charge < -0.3 is 5.32 Å². The molecule has 1 N–H and O–H groups in total. The van der Waals surface area contributed by atoms with Crippen LogP contribution in [-0.4, -0.2) is 21.9 Å². The molecule has 152 valence electrons. The fourth-order valence-electron chi connectivity index (χ4n) is 3.81. The van der Waals surface area contributed by atoms with Gasteiger partial charge in [0.15, 0.2) is 0 Å². The molecule has 0 radical (unpaired) electrons. The number of alkyl halides is 3. The van der Waals surface area contributed by atoms with Crippen LogP contribution in [0.5, 0.6) is 0 Å². The average Bonchev–Trinajstić information content (AvgIpc) is 3.14. The van der Waals surface area contributed by atoms with Gasteiger partial charge in [-0.1, -0.05) is 25.3 Å². The van der Waals surface area contributed by atoms with Crippen LogP contribution in [0.1, 0.15) is 61.1 Å². The van der Waals surface area contributed by atoms with Gasteiger partial charge in [-0.05, 0) is 50.1 Å². The second-order valence-corrected chi connectivity index (χ2v) is 8.05. The molecule has 1 aliphatic rings. The number of benzene rings is 1. The van der Waals surface area contributed by atoms with E-state index in [4.69, 9.17) is 0 Å². The molecule has 1 aromatic heterocycles. The maximum Gasteiger partial charge on any atom is 0.420 e. The molecule has 1 heterocycles. The van der Waals surface area contributed by atoms with Crippen LogP contribution in [0.3, 0.4) is 0 Å². The highest BCUT2D eigenvalue weighted by atomic mass is 32.2. The van der Waals surface area contributed by atoms with Crippen LogP contribution in [0.4, 0.5) is 18.9 Å². The van der Waals surface area contributed by atoms with Crippen molar-refractivity contribution in [3.8, 4) is 0 Å². The first kappa shape index (κ1) is 20.8. The van der Waals surface area contributed by atoms with Gasteiger partial charge >= 0.3 is 6.18 Å². The normalized spacial score (nSPS) is 16.8. The van der Waals surface area contributed by atoms with Crippen LogP contribution in [0.2, 0.25) is 0 Å². The highest BCUT2D eigenvalue weighted by Crippen LogP contribution is 2.37. The van der Waals surface area contributed by atoms with Crippen molar-refractivity contribution in [3.63, 3.8) is 0 Å². The van der Waals surface area contributed by atoms with Gasteiger partial charge in [0.05, 0.1) is 12.2 Å². The lowest BCUT2D eigenvalue weighted by atomic mass is 9.84. The van der Waals surface area contributed by atoms with Crippen molar-refractivity contribution in [2.45, 2.75) is 56.1 Å². The molecule has 3 rings (SSSR count). The van der Waals surface area contributed by atoms with E-state index in [1.807, 2.05) is 19.2 Å². The second kappa shape index (κ2) is 8.59. The van der Waals surface area contributed by atoms with E-state index in [0.717, 1.165) is 43.2 Å². The molecule has 1 aromatic carbocycles. The van der Waals surface area contributed by atoms with E-state index >= 15 is 0 Å². The summed E-state index contributed by atoms with van der Waals surface area (Å²) in [4.78, 5) is 13.8. The molecule has 2 aromatic rings. The van der Waals surface area contributed by atoms with E-state index in [2.05, 4.69) is 10.4 Å². The summed E-state index contributed by atoms with van der Waals surface area (Å²) >= 11 is 1.49. The van der Waals surface area contributed by atoms with E-state index in [9.17, 15) is 18.0 Å². The standard InChI is InChI=1S/C20H24F3N3OS/c1-13(14-7-4-3-5-8-14)26-18(17(12-24-26)20(21,22)23)19(27)25-15-9-6-10-16(11-15)28-2/h6,9-14H,3-5,7-8H2,1-2H3,(H,25,27). The van der Waals surface area contributed by atoms with E-state index in [1.165, 1.54) is 16.4 Å². The Hall–Kier alpha value is -1.96. The second-order valence-electron chi connectivity index (χ2n) is 7.17. The SMILES string of the molecule is CSc1cccc(NC(=O)c2c(C(F)(F)F)cnn2C(C)C2CCCCC2)c1. The van der Waals surface area contributed by atoms with Crippen molar-refractivity contribution in [3.05, 3.63) is 41.7 Å². The van der Waals surface area contributed by atoms with Crippen LogP contribution in [0, 0.1) is 5.92 Å². The summed E-state index contributed by atoms with van der Waals surface area (Å²) in [5, 5.41) is 6.60. The smallest absolute Gasteiger partial charge is 0.321 e. The predicted molar refractivity (Wildman–Crippen MR) is 105 cm³/mol. The molecule has 1 atom stereocenters. The van der Waals surface area contributed by atoms with Gasteiger partial charge in [0.1, 0.15) is 11.3 Å². The molecule has 1 aliphatic carbocycles. The van der Waals surface area contributed by atoms with Crippen molar-refractivity contribution in [1.82, 2.24) is 9.78 Å². The minimum Gasteiger partial charge on any atom is -0.321 e. The van der Waals surface area contributed by atoms with Crippen LogP contribution in [0.25, 0.3) is 0 Å². The third kappa shape index (κ3) is 4.54. The van der Waals surface area contributed by atoms with E-state index in [1.54, 1.807) is 18.2 Å². The highest BCUT2D eigenvalue weighted by Gasteiger charge is 2.40. The zero-order chi connectivity index (χ0) is 20.3. The summed E-state index contributed by atoms with van der Waals surface area (Å²) in [7, 11) is 0. The largest absolute Gasteiger partial charge is 0.420 e. The lowest BCUT2D eigenvalue weighted by Gasteiger charge is -2.29. The number of hydrogen-bond donors (Lipinski definition) is 1. The van der Waals surface area contributed by atoms with Gasteiger partial charge in [-0.2, -0.15) is 18.3 Å². The Bertz CT molecular complexity index is 828. The first-order chi connectivity index (χ1) is 13.3. The number of halogens is 3. The summed E-state index contributed by atoms with van der Waals surface area (Å²) in [6.07, 6.45) is 3.18. The molecule has 0 aliphatic heterocycles. The van der Waals surface area contributed by atoms with Crippen LogP contribution >= 0.6 is 11.8 Å². The summed E-state index contributed by atoms with van der Waals surface area (Å²) in [6.45, 7) is 1.86. The predicted octanol–water partition coefficient (Wildman–Crippen LogP) is 6.02. The number of carbonyl (C=O) groups excluding carboxylic acids is 1. The monoisotopic (exact) mass is 411 g/mol. The Balaban J connectivity index is 1.94. The fraction of sp³-hybridized carbons (Fsp3) is 0.500. The molecule has 1 fully saturated rings. The third-order valence-electron chi connectivity index (χ3n) is 5.36. The number of nitrogens with one attached hydrogen (secondary N) is 1. The summed E-state index contributed by atoms with van der Waals surface area (Å²) in [5.74, 6) is -0.563. The lowest BCUT2D eigenvalue weighted by molar-refractivity contribution is -0.138. The van der Waals surface area contributed by atoms with E-state index in [-0.39, 0.29) is 12.0 Å². The Morgan fingerprint density at radius 2 is 2.00 bits per heavy atom. The van der Waals surface area contributed by atoms with Gasteiger partial charge in [0.2, 0.25) is 0 Å². The van der Waals surface area contributed by atoms with Crippen molar-refractivity contribution in [2.24, 2.45) is 5.92 Å². The molecule has 0 saturated heterocycles. The number of carbonyl (C=O) groups is 1. The number of amides is 1. The fourth-order valence-corrected chi connectivity index (χ4v) is 4.27. The summed E-state index contributed by atoms with van der Waals surface area (Å²) in [5.41, 5.74) is -0.947. The first-order valence-corrected chi connectivity index (χ1v) is 10.6. The van der Waals surface area contributed by atoms with Gasteiger partial charge in [-0.3, -0.25) is 9.48 Å². The molecule has 28 heavy (non-hydrogen) atoms. The van der Waals surface area contributed by atoms with Crippen molar-refractivity contribution in [2.75, 3.05) is 11.6 Å². The quantitative estimate of drug-likeness (QED) is 0.612. The number of thioether (sulfide) groups is 1. The minimum absolute atomic E-state index is 0.223. The maximum atomic E-state index is 13.5. The van der Waals surface area contributed by atoms with Crippen molar-refractivity contribution >= 4 is 23.4 Å². The summed E-state index contributed by atoms with van der Waals surface area (Å²) < 4.78 is 41.9. The van der Waals surface area contributed by atoms with Gasteiger partial charge in [-0.15, -0.1) is 11.8 Å². The Morgan fingerprint density at radius 1 is 1.29 bits per heavy atom. The number of rotatable bonds is 5. The molecule has 0 spiro atoms. The Kier molecular flexibility index (Phi) is 6.37. The van der Waals surface area contributed by atoms with Crippen molar-refractivity contribution < 1.29 is 18.0 Å². The molecule has 1 amide bonds. The first-order valence-electron chi connectivity index (χ1n) is 9.41. The van der Waals surface area contributed by atoms with Crippen LogP contribution in [0.15, 0.2) is 35.4 Å². The van der Waals surface area contributed by atoms with E-state index in [0.29, 0.717) is 5.69 Å². The maximum absolute atomic E-state index is 13.5. The van der Waals surface area contributed by atoms with Crippen molar-refractivity contribution in [1.29, 1.82) is 0 Å². The number of anilines is 1. The summed E-state index contributed by atoms with van der Waals surface area (Å²) in [6, 6.07) is 6.76. The topological polar surface area (TPSA) is 46.9 Å². The van der Waals surface area contributed by atoms with Gasteiger partial charge in [-0.25, -0.2) is 0 Å². The Morgan fingerprint density at radius 3 is 2.64 bits per heavy atom. The zero-order valence-corrected chi connectivity index (χ0v) is 16.7. The third-order valence-corrected chi connectivity index (χ3v) is 6.09.